The number of carbonyl (C=O) groups is 1. The van der Waals surface area contributed by atoms with E-state index in [2.05, 4.69) is 25.7 Å². The minimum atomic E-state index is -0.182. The zero-order valence-corrected chi connectivity index (χ0v) is 12.7. The molecule has 0 aliphatic carbocycles. The van der Waals surface area contributed by atoms with Crippen molar-refractivity contribution in [2.24, 2.45) is 5.92 Å². The van der Waals surface area contributed by atoms with Crippen molar-refractivity contribution in [3.63, 3.8) is 0 Å². The SMILES string of the molecule is Cc1cnc(N2CCC3NNC(C(=O)N(C)C)C3C2)nc1. The highest BCUT2D eigenvalue weighted by Crippen LogP contribution is 2.26. The maximum atomic E-state index is 12.3. The van der Waals surface area contributed by atoms with E-state index in [0.29, 0.717) is 6.04 Å². The Labute approximate surface area is 124 Å². The van der Waals surface area contributed by atoms with E-state index in [0.717, 1.165) is 31.0 Å². The topological polar surface area (TPSA) is 73.4 Å². The Kier molecular flexibility index (Phi) is 3.77. The summed E-state index contributed by atoms with van der Waals surface area (Å²) in [7, 11) is 3.59. The molecule has 3 rings (SSSR count). The number of aromatic nitrogens is 2. The summed E-state index contributed by atoms with van der Waals surface area (Å²) in [6.07, 6.45) is 4.65. The molecule has 21 heavy (non-hydrogen) atoms. The van der Waals surface area contributed by atoms with E-state index in [-0.39, 0.29) is 17.9 Å². The molecule has 1 amide bonds. The number of amides is 1. The van der Waals surface area contributed by atoms with Crippen LogP contribution in [0.4, 0.5) is 5.95 Å². The van der Waals surface area contributed by atoms with Crippen LogP contribution in [-0.2, 0) is 4.79 Å². The minimum Gasteiger partial charge on any atom is -0.347 e. The molecule has 2 saturated heterocycles. The first-order valence-corrected chi connectivity index (χ1v) is 7.32. The number of nitrogens with one attached hydrogen (secondary N) is 2. The molecule has 3 heterocycles. The van der Waals surface area contributed by atoms with Crippen LogP contribution in [0, 0.1) is 12.8 Å². The molecule has 0 spiro atoms. The van der Waals surface area contributed by atoms with Crippen LogP contribution in [0.2, 0.25) is 0 Å². The summed E-state index contributed by atoms with van der Waals surface area (Å²) < 4.78 is 0. The lowest BCUT2D eigenvalue weighted by Gasteiger charge is -2.36. The van der Waals surface area contributed by atoms with E-state index in [1.54, 1.807) is 19.0 Å². The monoisotopic (exact) mass is 290 g/mol. The number of fused-ring (bicyclic) bond motifs is 1. The van der Waals surface area contributed by atoms with Crippen LogP contribution in [0.5, 0.6) is 0 Å². The predicted molar refractivity (Wildman–Crippen MR) is 79.6 cm³/mol. The fourth-order valence-electron chi connectivity index (χ4n) is 3.06. The minimum absolute atomic E-state index is 0.113. The van der Waals surface area contributed by atoms with Crippen molar-refractivity contribution < 1.29 is 4.79 Å². The fourth-order valence-corrected chi connectivity index (χ4v) is 3.06. The van der Waals surface area contributed by atoms with Crippen molar-refractivity contribution in [2.75, 3.05) is 32.1 Å². The van der Waals surface area contributed by atoms with Crippen LogP contribution in [0.15, 0.2) is 12.4 Å². The highest BCUT2D eigenvalue weighted by atomic mass is 16.2. The van der Waals surface area contributed by atoms with Crippen molar-refractivity contribution >= 4 is 11.9 Å². The number of rotatable bonds is 2. The van der Waals surface area contributed by atoms with Gasteiger partial charge in [0.15, 0.2) is 0 Å². The van der Waals surface area contributed by atoms with Crippen molar-refractivity contribution in [3.8, 4) is 0 Å². The molecule has 0 bridgehead atoms. The van der Waals surface area contributed by atoms with Crippen LogP contribution in [0.3, 0.4) is 0 Å². The summed E-state index contributed by atoms with van der Waals surface area (Å²) in [5.41, 5.74) is 7.47. The van der Waals surface area contributed by atoms with E-state index in [4.69, 9.17) is 0 Å². The van der Waals surface area contributed by atoms with E-state index in [1.165, 1.54) is 0 Å². The lowest BCUT2D eigenvalue weighted by atomic mass is 9.88. The van der Waals surface area contributed by atoms with Gasteiger partial charge in [-0.2, -0.15) is 0 Å². The molecule has 2 aliphatic rings. The standard InChI is InChI=1S/C14H22N6O/c1-9-6-15-14(16-7-9)20-5-4-11-10(8-20)12(18-17-11)13(21)19(2)3/h6-7,10-12,17-18H,4-5,8H2,1-3H3. The van der Waals surface area contributed by atoms with E-state index >= 15 is 0 Å². The Morgan fingerprint density at radius 1 is 1.33 bits per heavy atom. The molecule has 114 valence electrons. The first-order valence-electron chi connectivity index (χ1n) is 7.32. The Hall–Kier alpha value is -1.73. The average Bonchev–Trinajstić information content (AvgIpc) is 2.90. The Bertz CT molecular complexity index is 517. The van der Waals surface area contributed by atoms with Crippen molar-refractivity contribution in [1.29, 1.82) is 0 Å². The van der Waals surface area contributed by atoms with Gasteiger partial charge in [0.2, 0.25) is 11.9 Å². The first kappa shape index (κ1) is 14.2. The number of likely N-dealkylation sites (N-methyl/N-ethyl adjacent to an activating group) is 1. The van der Waals surface area contributed by atoms with Gasteiger partial charge in [-0.1, -0.05) is 0 Å². The molecular weight excluding hydrogens is 268 g/mol. The lowest BCUT2D eigenvalue weighted by Crippen LogP contribution is -2.50. The Morgan fingerprint density at radius 2 is 2.05 bits per heavy atom. The molecule has 0 saturated carbocycles. The summed E-state index contributed by atoms with van der Waals surface area (Å²) in [4.78, 5) is 24.9. The second kappa shape index (κ2) is 5.57. The van der Waals surface area contributed by atoms with E-state index < -0.39 is 0 Å². The molecular formula is C14H22N6O. The van der Waals surface area contributed by atoms with Gasteiger partial charge in [-0.3, -0.25) is 10.2 Å². The number of piperidine rings is 1. The number of hydrogen-bond acceptors (Lipinski definition) is 6. The fraction of sp³-hybridized carbons (Fsp3) is 0.643. The van der Waals surface area contributed by atoms with Gasteiger partial charge in [-0.15, -0.1) is 0 Å². The molecule has 7 nitrogen and oxygen atoms in total. The molecule has 3 unspecified atom stereocenters. The quantitative estimate of drug-likeness (QED) is 0.768. The van der Waals surface area contributed by atoms with Crippen molar-refractivity contribution in [1.82, 2.24) is 25.7 Å². The molecule has 0 radical (unpaired) electrons. The average molecular weight is 290 g/mol. The number of aryl methyl sites for hydroxylation is 1. The molecule has 7 heteroatoms. The summed E-state index contributed by atoms with van der Waals surface area (Å²) >= 11 is 0. The maximum absolute atomic E-state index is 12.3. The van der Waals surface area contributed by atoms with Gasteiger partial charge in [0.25, 0.3) is 0 Å². The second-order valence-corrected chi connectivity index (χ2v) is 6.06. The molecule has 1 aromatic rings. The molecule has 2 aliphatic heterocycles. The number of hydrazine groups is 1. The highest BCUT2D eigenvalue weighted by molar-refractivity contribution is 5.82. The molecule has 2 N–H and O–H groups in total. The summed E-state index contributed by atoms with van der Waals surface area (Å²) in [5.74, 6) is 1.10. The molecule has 3 atom stereocenters. The third-order valence-electron chi connectivity index (χ3n) is 4.27. The van der Waals surface area contributed by atoms with Crippen LogP contribution < -0.4 is 15.8 Å². The molecule has 1 aromatic heterocycles. The van der Waals surface area contributed by atoms with Crippen molar-refractivity contribution in [3.05, 3.63) is 18.0 Å². The van der Waals surface area contributed by atoms with Crippen LogP contribution in [0.25, 0.3) is 0 Å². The maximum Gasteiger partial charge on any atom is 0.240 e. The summed E-state index contributed by atoms with van der Waals surface area (Å²) in [6, 6.07) is 0.152. The van der Waals surface area contributed by atoms with Gasteiger partial charge < -0.3 is 9.80 Å². The van der Waals surface area contributed by atoms with Gasteiger partial charge in [-0.25, -0.2) is 15.4 Å². The Morgan fingerprint density at radius 3 is 2.71 bits per heavy atom. The normalized spacial score (nSPS) is 28.3. The van der Waals surface area contributed by atoms with Crippen LogP contribution in [0.1, 0.15) is 12.0 Å². The third kappa shape index (κ3) is 2.71. The summed E-state index contributed by atoms with van der Waals surface area (Å²) in [5, 5.41) is 0. The largest absolute Gasteiger partial charge is 0.347 e. The zero-order valence-electron chi connectivity index (χ0n) is 12.7. The zero-order chi connectivity index (χ0) is 15.0. The summed E-state index contributed by atoms with van der Waals surface area (Å²) in [6.45, 7) is 3.67. The van der Waals surface area contributed by atoms with Crippen molar-refractivity contribution in [2.45, 2.75) is 25.4 Å². The van der Waals surface area contributed by atoms with Gasteiger partial charge >= 0.3 is 0 Å². The number of anilines is 1. The second-order valence-electron chi connectivity index (χ2n) is 6.06. The molecule has 2 fully saturated rings. The van der Waals surface area contributed by atoms with Gasteiger partial charge in [-0.05, 0) is 18.9 Å². The van der Waals surface area contributed by atoms with E-state index in [9.17, 15) is 4.79 Å². The Balaban J connectivity index is 1.75. The third-order valence-corrected chi connectivity index (χ3v) is 4.27. The lowest BCUT2D eigenvalue weighted by molar-refractivity contribution is -0.131. The number of nitrogens with zero attached hydrogens (tertiary/aromatic N) is 4. The van der Waals surface area contributed by atoms with Gasteiger partial charge in [0.05, 0.1) is 0 Å². The highest BCUT2D eigenvalue weighted by Gasteiger charge is 2.44. The van der Waals surface area contributed by atoms with Crippen LogP contribution >= 0.6 is 0 Å². The van der Waals surface area contributed by atoms with Gasteiger partial charge in [0.1, 0.15) is 6.04 Å². The van der Waals surface area contributed by atoms with Gasteiger partial charge in [0, 0.05) is 51.5 Å². The van der Waals surface area contributed by atoms with E-state index in [1.807, 2.05) is 19.3 Å². The number of hydrogen-bond donors (Lipinski definition) is 2. The molecule has 0 aromatic carbocycles. The smallest absolute Gasteiger partial charge is 0.240 e. The van der Waals surface area contributed by atoms with Crippen LogP contribution in [-0.4, -0.2) is 60.0 Å². The predicted octanol–water partition coefficient (Wildman–Crippen LogP) is -0.455. The first-order chi connectivity index (χ1) is 10.1. The number of carbonyl (C=O) groups excluding carboxylic acids is 1.